The predicted molar refractivity (Wildman–Crippen MR) is 87.0 cm³/mol. The van der Waals surface area contributed by atoms with E-state index in [4.69, 9.17) is 5.73 Å². The maximum absolute atomic E-state index is 11.5. The third-order valence-electron chi connectivity index (χ3n) is 3.37. The molecule has 0 spiro atoms. The maximum Gasteiger partial charge on any atom is 0.254 e. The van der Waals surface area contributed by atoms with Crippen LogP contribution < -0.4 is 16.4 Å². The highest BCUT2D eigenvalue weighted by Gasteiger charge is 2.15. The minimum absolute atomic E-state index is 0.143. The predicted octanol–water partition coefficient (Wildman–Crippen LogP) is 2.58. The monoisotopic (exact) mass is 298 g/mol. The van der Waals surface area contributed by atoms with Gasteiger partial charge in [0.25, 0.3) is 5.91 Å². The Bertz CT molecular complexity index is 642. The van der Waals surface area contributed by atoms with Crippen LogP contribution >= 0.6 is 0 Å². The molecule has 0 saturated carbocycles. The van der Waals surface area contributed by atoms with Crippen molar-refractivity contribution in [3.8, 4) is 0 Å². The molecule has 2 rings (SSSR count). The minimum Gasteiger partial charge on any atom is -0.367 e. The number of anilines is 3. The Morgan fingerprint density at radius 3 is 2.68 bits per heavy atom. The summed E-state index contributed by atoms with van der Waals surface area (Å²) in [6.07, 6.45) is 1.43. The Kier molecular flexibility index (Phi) is 4.93. The van der Waals surface area contributed by atoms with E-state index >= 15 is 0 Å². The summed E-state index contributed by atoms with van der Waals surface area (Å²) < 4.78 is 0. The number of amides is 1. The van der Waals surface area contributed by atoms with Gasteiger partial charge in [0.15, 0.2) is 0 Å². The average molecular weight is 298 g/mol. The largest absolute Gasteiger partial charge is 0.367 e. The van der Waals surface area contributed by atoms with Gasteiger partial charge in [-0.1, -0.05) is 32.0 Å². The first kappa shape index (κ1) is 15.8. The van der Waals surface area contributed by atoms with E-state index < -0.39 is 5.91 Å². The lowest BCUT2D eigenvalue weighted by molar-refractivity contribution is 0.100. The number of nitrogens with zero attached hydrogens (tertiary/aromatic N) is 2. The fourth-order valence-electron chi connectivity index (χ4n) is 1.71. The third-order valence-corrected chi connectivity index (χ3v) is 3.37. The number of aromatic nitrogens is 2. The molecule has 1 aromatic carbocycles. The maximum atomic E-state index is 11.5. The van der Waals surface area contributed by atoms with Crippen molar-refractivity contribution in [3.05, 3.63) is 42.1 Å². The zero-order chi connectivity index (χ0) is 16.1. The van der Waals surface area contributed by atoms with Crippen LogP contribution in [0.3, 0.4) is 0 Å². The van der Waals surface area contributed by atoms with E-state index in [0.717, 1.165) is 5.69 Å². The van der Waals surface area contributed by atoms with Crippen molar-refractivity contribution in [2.75, 3.05) is 10.6 Å². The zero-order valence-electron chi connectivity index (χ0n) is 12.9. The molecule has 4 N–H and O–H groups in total. The van der Waals surface area contributed by atoms with Crippen LogP contribution in [0.2, 0.25) is 0 Å². The normalized spacial score (nSPS) is 12.0. The van der Waals surface area contributed by atoms with Crippen molar-refractivity contribution >= 4 is 23.4 Å². The SMILES string of the molecule is CC(C)C(C)Nc1nc(Nc2[c]cccc2)ncc1C(N)=O. The Morgan fingerprint density at radius 1 is 1.32 bits per heavy atom. The Hall–Kier alpha value is -2.63. The number of nitrogens with one attached hydrogen (secondary N) is 2. The Morgan fingerprint density at radius 2 is 2.09 bits per heavy atom. The molecule has 0 aliphatic carbocycles. The fourth-order valence-corrected chi connectivity index (χ4v) is 1.71. The Balaban J connectivity index is 2.28. The lowest BCUT2D eigenvalue weighted by atomic mass is 10.1. The van der Waals surface area contributed by atoms with Gasteiger partial charge in [-0.3, -0.25) is 4.79 Å². The number of carbonyl (C=O) groups excluding carboxylic acids is 1. The number of carbonyl (C=O) groups is 1. The molecular formula is C16H20N5O. The standard InChI is InChI=1S/C16H20N5O/c1-10(2)11(3)19-15-13(14(17)22)9-18-16(21-15)20-12-7-5-4-6-8-12/h4-7,9-11H,1-3H3,(H2,17,22)(H2,18,19,20,21). The summed E-state index contributed by atoms with van der Waals surface area (Å²) in [7, 11) is 0. The smallest absolute Gasteiger partial charge is 0.254 e. The molecule has 0 bridgehead atoms. The van der Waals surface area contributed by atoms with Gasteiger partial charge in [0.05, 0.1) is 5.56 Å². The van der Waals surface area contributed by atoms with Crippen LogP contribution in [-0.4, -0.2) is 21.9 Å². The van der Waals surface area contributed by atoms with Gasteiger partial charge in [0.1, 0.15) is 5.82 Å². The molecule has 1 atom stereocenters. The Labute approximate surface area is 130 Å². The van der Waals surface area contributed by atoms with Crippen molar-refractivity contribution in [1.82, 2.24) is 9.97 Å². The van der Waals surface area contributed by atoms with Gasteiger partial charge in [-0.05, 0) is 18.9 Å². The molecule has 6 heteroatoms. The van der Waals surface area contributed by atoms with Crippen LogP contribution in [0.1, 0.15) is 31.1 Å². The van der Waals surface area contributed by atoms with Gasteiger partial charge in [0.2, 0.25) is 5.95 Å². The van der Waals surface area contributed by atoms with Gasteiger partial charge in [-0.25, -0.2) is 4.98 Å². The summed E-state index contributed by atoms with van der Waals surface area (Å²) >= 11 is 0. The number of hydrogen-bond donors (Lipinski definition) is 3. The second-order valence-corrected chi connectivity index (χ2v) is 5.40. The third kappa shape index (κ3) is 3.94. The summed E-state index contributed by atoms with van der Waals surface area (Å²) in [6.45, 7) is 6.19. The first-order chi connectivity index (χ1) is 10.5. The van der Waals surface area contributed by atoms with E-state index in [1.54, 1.807) is 6.07 Å². The van der Waals surface area contributed by atoms with Crippen molar-refractivity contribution in [3.63, 3.8) is 0 Å². The van der Waals surface area contributed by atoms with E-state index in [-0.39, 0.29) is 11.6 Å². The number of hydrogen-bond acceptors (Lipinski definition) is 5. The first-order valence-electron chi connectivity index (χ1n) is 7.14. The van der Waals surface area contributed by atoms with E-state index in [2.05, 4.69) is 40.5 Å². The van der Waals surface area contributed by atoms with Gasteiger partial charge >= 0.3 is 0 Å². The van der Waals surface area contributed by atoms with Gasteiger partial charge in [-0.2, -0.15) is 4.98 Å². The molecule has 6 nitrogen and oxygen atoms in total. The van der Waals surface area contributed by atoms with Crippen molar-refractivity contribution in [1.29, 1.82) is 0 Å². The molecule has 115 valence electrons. The van der Waals surface area contributed by atoms with Crippen LogP contribution in [0, 0.1) is 12.0 Å². The lowest BCUT2D eigenvalue weighted by Crippen LogP contribution is -2.25. The molecule has 0 aliphatic heterocycles. The second-order valence-electron chi connectivity index (χ2n) is 5.40. The number of rotatable bonds is 6. The van der Waals surface area contributed by atoms with E-state index in [0.29, 0.717) is 17.7 Å². The molecule has 1 amide bonds. The fraction of sp³-hybridized carbons (Fsp3) is 0.312. The van der Waals surface area contributed by atoms with Crippen LogP contribution in [-0.2, 0) is 0 Å². The van der Waals surface area contributed by atoms with Gasteiger partial charge in [-0.15, -0.1) is 0 Å². The highest BCUT2D eigenvalue weighted by molar-refractivity contribution is 5.97. The highest BCUT2D eigenvalue weighted by Crippen LogP contribution is 2.19. The molecule has 1 heterocycles. The molecule has 2 aromatic rings. The summed E-state index contributed by atoms with van der Waals surface area (Å²) in [5.74, 6) is 0.638. The zero-order valence-corrected chi connectivity index (χ0v) is 12.9. The molecule has 22 heavy (non-hydrogen) atoms. The quantitative estimate of drug-likeness (QED) is 0.762. The summed E-state index contributed by atoms with van der Waals surface area (Å²) in [4.78, 5) is 20.0. The van der Waals surface area contributed by atoms with E-state index in [1.165, 1.54) is 6.20 Å². The number of benzene rings is 1. The van der Waals surface area contributed by atoms with Crippen LogP contribution in [0.15, 0.2) is 30.5 Å². The number of para-hydroxylation sites is 1. The molecule has 0 saturated heterocycles. The number of nitrogens with two attached hydrogens (primary N) is 1. The summed E-state index contributed by atoms with van der Waals surface area (Å²) in [5.41, 5.74) is 6.40. The topological polar surface area (TPSA) is 92.9 Å². The van der Waals surface area contributed by atoms with Gasteiger partial charge in [0, 0.05) is 24.0 Å². The molecular weight excluding hydrogens is 278 g/mol. The van der Waals surface area contributed by atoms with Crippen LogP contribution in [0.5, 0.6) is 0 Å². The van der Waals surface area contributed by atoms with E-state index in [1.807, 2.05) is 25.1 Å². The van der Waals surface area contributed by atoms with Crippen molar-refractivity contribution < 1.29 is 4.79 Å². The molecule has 1 radical (unpaired) electrons. The second kappa shape index (κ2) is 6.89. The summed E-state index contributed by atoms with van der Waals surface area (Å²) in [5, 5.41) is 6.26. The average Bonchev–Trinajstić information content (AvgIpc) is 2.48. The number of primary amides is 1. The first-order valence-corrected chi connectivity index (χ1v) is 7.14. The summed E-state index contributed by atoms with van der Waals surface area (Å²) in [6, 6.07) is 10.6. The molecule has 1 unspecified atom stereocenters. The molecule has 1 aromatic heterocycles. The highest BCUT2D eigenvalue weighted by atomic mass is 16.1. The van der Waals surface area contributed by atoms with Crippen LogP contribution in [0.25, 0.3) is 0 Å². The molecule has 0 aliphatic rings. The van der Waals surface area contributed by atoms with Crippen molar-refractivity contribution in [2.24, 2.45) is 11.7 Å². The van der Waals surface area contributed by atoms with E-state index in [9.17, 15) is 4.79 Å². The van der Waals surface area contributed by atoms with Crippen LogP contribution in [0.4, 0.5) is 17.5 Å². The molecule has 0 fully saturated rings. The lowest BCUT2D eigenvalue weighted by Gasteiger charge is -2.19. The van der Waals surface area contributed by atoms with Gasteiger partial charge < -0.3 is 16.4 Å². The van der Waals surface area contributed by atoms with Crippen molar-refractivity contribution in [2.45, 2.75) is 26.8 Å². The minimum atomic E-state index is -0.559.